The van der Waals surface area contributed by atoms with Crippen molar-refractivity contribution in [3.63, 3.8) is 0 Å². The minimum Gasteiger partial charge on any atom is -0.328 e. The van der Waals surface area contributed by atoms with Gasteiger partial charge in [-0.2, -0.15) is 30.3 Å². The first-order chi connectivity index (χ1) is 6.20. The van der Waals surface area contributed by atoms with E-state index in [2.05, 4.69) is 6.07 Å². The molecule has 1 unspecified atom stereocenters. The van der Waals surface area contributed by atoms with Crippen molar-refractivity contribution in [2.24, 2.45) is 5.73 Å². The van der Waals surface area contributed by atoms with E-state index in [0.29, 0.717) is 6.42 Å². The van der Waals surface area contributed by atoms with Crippen LogP contribution in [-0.4, -0.2) is 11.8 Å². The van der Waals surface area contributed by atoms with Crippen molar-refractivity contribution in [1.82, 2.24) is 0 Å². The summed E-state index contributed by atoms with van der Waals surface area (Å²) in [6.07, 6.45) is 1.28. The fourth-order valence-corrected chi connectivity index (χ4v) is 1.08. The van der Waals surface area contributed by atoms with Gasteiger partial charge in [0.1, 0.15) is 5.78 Å². The monoisotopic (exact) mass is 215 g/mol. The van der Waals surface area contributed by atoms with E-state index >= 15 is 0 Å². The van der Waals surface area contributed by atoms with Crippen LogP contribution in [0.2, 0.25) is 0 Å². The number of hydrogen-bond donors (Lipinski definition) is 1. The Morgan fingerprint density at radius 3 is 2.57 bits per heavy atom. The first-order valence-corrected chi connectivity index (χ1v) is 4.45. The van der Waals surface area contributed by atoms with E-state index in [1.165, 1.54) is 0 Å². The molecule has 0 amide bonds. The SMILES string of the molecule is CC(N)CCC(=O)c1cc[c-]cc1.[K+]. The van der Waals surface area contributed by atoms with Gasteiger partial charge in [-0.05, 0) is 13.3 Å². The molecule has 0 aliphatic carbocycles. The Bertz CT molecular complexity index is 272. The molecule has 1 rings (SSSR count). The second-order valence-corrected chi connectivity index (χ2v) is 3.23. The third-order valence-corrected chi connectivity index (χ3v) is 1.87. The Kier molecular flexibility index (Phi) is 8.00. The molecule has 0 aliphatic heterocycles. The molecule has 0 aliphatic rings. The predicted octanol–water partition coefficient (Wildman–Crippen LogP) is -1.20. The maximum atomic E-state index is 11.5. The fourth-order valence-electron chi connectivity index (χ4n) is 1.08. The van der Waals surface area contributed by atoms with Crippen LogP contribution < -0.4 is 57.1 Å². The van der Waals surface area contributed by atoms with Crippen LogP contribution in [0.3, 0.4) is 0 Å². The fraction of sp³-hybridized carbons (Fsp3) is 0.364. The Morgan fingerprint density at radius 2 is 2.07 bits per heavy atom. The number of Topliss-reactive ketones (excluding diaryl/α,β-unsaturated/α-hetero) is 1. The summed E-state index contributed by atoms with van der Waals surface area (Å²) in [7, 11) is 0. The van der Waals surface area contributed by atoms with Crippen molar-refractivity contribution >= 4 is 5.78 Å². The average Bonchev–Trinajstić information content (AvgIpc) is 2.15. The van der Waals surface area contributed by atoms with Crippen molar-refractivity contribution in [3.05, 3.63) is 35.9 Å². The topological polar surface area (TPSA) is 43.1 Å². The standard InChI is InChI=1S/C11H14NO.K/c1-9(12)7-8-11(13)10-5-3-2-4-6-10;/h3-6,9H,7-8,12H2,1H3;/q-1;+1. The van der Waals surface area contributed by atoms with E-state index in [-0.39, 0.29) is 63.2 Å². The summed E-state index contributed by atoms with van der Waals surface area (Å²) in [6, 6.07) is 10.0. The number of rotatable bonds is 4. The summed E-state index contributed by atoms with van der Waals surface area (Å²) in [4.78, 5) is 11.5. The van der Waals surface area contributed by atoms with Crippen molar-refractivity contribution < 1.29 is 56.2 Å². The van der Waals surface area contributed by atoms with Crippen LogP contribution in [0.15, 0.2) is 24.3 Å². The summed E-state index contributed by atoms with van der Waals surface area (Å²) in [6.45, 7) is 1.91. The maximum Gasteiger partial charge on any atom is 1.00 e. The zero-order valence-electron chi connectivity index (χ0n) is 8.79. The Balaban J connectivity index is 0.00000169. The molecule has 0 fully saturated rings. The molecule has 0 radical (unpaired) electrons. The molecule has 1 atom stereocenters. The minimum atomic E-state index is 0. The second kappa shape index (κ2) is 7.74. The molecule has 0 saturated heterocycles. The van der Waals surface area contributed by atoms with Gasteiger partial charge in [0.2, 0.25) is 0 Å². The quantitative estimate of drug-likeness (QED) is 0.389. The number of nitrogens with two attached hydrogens (primary N) is 1. The van der Waals surface area contributed by atoms with Crippen LogP contribution >= 0.6 is 0 Å². The third-order valence-electron chi connectivity index (χ3n) is 1.87. The van der Waals surface area contributed by atoms with Gasteiger partial charge >= 0.3 is 51.4 Å². The van der Waals surface area contributed by atoms with Gasteiger partial charge < -0.3 is 5.73 Å². The molecule has 1 aromatic carbocycles. The van der Waals surface area contributed by atoms with Gasteiger partial charge in [-0.1, -0.05) is 5.56 Å². The van der Waals surface area contributed by atoms with E-state index in [4.69, 9.17) is 5.73 Å². The Morgan fingerprint density at radius 1 is 1.50 bits per heavy atom. The molecule has 2 N–H and O–H groups in total. The van der Waals surface area contributed by atoms with Gasteiger partial charge in [0, 0.05) is 12.5 Å². The van der Waals surface area contributed by atoms with E-state index < -0.39 is 0 Å². The van der Waals surface area contributed by atoms with Crippen LogP contribution in [0.4, 0.5) is 0 Å². The Hall–Kier alpha value is 0.486. The molecule has 1 aromatic rings. The van der Waals surface area contributed by atoms with E-state index in [1.807, 2.05) is 6.92 Å². The predicted molar refractivity (Wildman–Crippen MR) is 52.5 cm³/mol. The summed E-state index contributed by atoms with van der Waals surface area (Å²) in [5, 5.41) is 0. The smallest absolute Gasteiger partial charge is 0.328 e. The molecule has 0 spiro atoms. The van der Waals surface area contributed by atoms with Gasteiger partial charge in [-0.15, -0.1) is 0 Å². The minimum absolute atomic E-state index is 0. The number of carbonyl (C=O) groups is 1. The van der Waals surface area contributed by atoms with E-state index in [0.717, 1.165) is 12.0 Å². The normalized spacial score (nSPS) is 11.6. The molecule has 70 valence electrons. The van der Waals surface area contributed by atoms with Crippen LogP contribution in [0.5, 0.6) is 0 Å². The van der Waals surface area contributed by atoms with Gasteiger partial charge in [-0.3, -0.25) is 4.79 Å². The summed E-state index contributed by atoms with van der Waals surface area (Å²) < 4.78 is 0. The Labute approximate surface area is 128 Å². The molecular formula is C11H14KNO. The molecule has 14 heavy (non-hydrogen) atoms. The summed E-state index contributed by atoms with van der Waals surface area (Å²) in [5.74, 6) is 0.159. The van der Waals surface area contributed by atoms with Crippen LogP contribution in [0.1, 0.15) is 30.1 Å². The largest absolute Gasteiger partial charge is 1.00 e. The van der Waals surface area contributed by atoms with E-state index in [9.17, 15) is 4.79 Å². The average molecular weight is 215 g/mol. The van der Waals surface area contributed by atoms with Crippen molar-refractivity contribution in [2.45, 2.75) is 25.8 Å². The molecule has 0 saturated carbocycles. The van der Waals surface area contributed by atoms with Gasteiger partial charge in [-0.25, -0.2) is 0 Å². The molecule has 3 heteroatoms. The van der Waals surface area contributed by atoms with E-state index in [1.54, 1.807) is 24.3 Å². The third kappa shape index (κ3) is 5.39. The molecule has 2 nitrogen and oxygen atoms in total. The van der Waals surface area contributed by atoms with Gasteiger partial charge in [0.25, 0.3) is 0 Å². The van der Waals surface area contributed by atoms with Crippen LogP contribution in [-0.2, 0) is 0 Å². The first kappa shape index (κ1) is 14.5. The molecule has 0 aromatic heterocycles. The summed E-state index contributed by atoms with van der Waals surface area (Å²) in [5.41, 5.74) is 6.31. The zero-order chi connectivity index (χ0) is 9.68. The molecule has 0 heterocycles. The summed E-state index contributed by atoms with van der Waals surface area (Å²) >= 11 is 0. The van der Waals surface area contributed by atoms with Crippen molar-refractivity contribution in [1.29, 1.82) is 0 Å². The number of hydrogen-bond acceptors (Lipinski definition) is 2. The number of carbonyl (C=O) groups excluding carboxylic acids is 1. The van der Waals surface area contributed by atoms with Crippen LogP contribution in [0, 0.1) is 6.07 Å². The molecule has 0 bridgehead atoms. The number of benzene rings is 1. The molecular weight excluding hydrogens is 201 g/mol. The van der Waals surface area contributed by atoms with Crippen molar-refractivity contribution in [2.75, 3.05) is 0 Å². The van der Waals surface area contributed by atoms with Crippen molar-refractivity contribution in [3.8, 4) is 0 Å². The zero-order valence-corrected chi connectivity index (χ0v) is 11.9. The van der Waals surface area contributed by atoms with Crippen LogP contribution in [0.25, 0.3) is 0 Å². The maximum absolute atomic E-state index is 11.5. The van der Waals surface area contributed by atoms with Gasteiger partial charge in [0.05, 0.1) is 0 Å². The van der Waals surface area contributed by atoms with Gasteiger partial charge in [0.15, 0.2) is 0 Å². The second-order valence-electron chi connectivity index (χ2n) is 3.23. The number of ketones is 1. The first-order valence-electron chi connectivity index (χ1n) is 4.45.